The zero-order valence-electron chi connectivity index (χ0n) is 14.9. The van der Waals surface area contributed by atoms with E-state index < -0.39 is 24.3 Å². The maximum absolute atomic E-state index is 12.5. The van der Waals surface area contributed by atoms with Crippen LogP contribution in [0, 0.1) is 0 Å². The summed E-state index contributed by atoms with van der Waals surface area (Å²) in [6, 6.07) is 10.7. The summed E-state index contributed by atoms with van der Waals surface area (Å²) in [6.45, 7) is 1.21. The Hall–Kier alpha value is -2.58. The average Bonchev–Trinajstić information content (AvgIpc) is 2.77. The molecule has 0 aromatic heterocycles. The van der Waals surface area contributed by atoms with Gasteiger partial charge in [-0.2, -0.15) is 0 Å². The van der Waals surface area contributed by atoms with Crippen molar-refractivity contribution in [3.63, 3.8) is 0 Å². The predicted octanol–water partition coefficient (Wildman–Crippen LogP) is 3.41. The molecule has 0 fully saturated rings. The molecule has 1 heterocycles. The van der Waals surface area contributed by atoms with Crippen LogP contribution in [-0.2, 0) is 19.1 Å². The molecule has 0 unspecified atom stereocenters. The van der Waals surface area contributed by atoms with Crippen LogP contribution in [0.1, 0.15) is 24.2 Å². The second kappa shape index (κ2) is 7.98. The fourth-order valence-electron chi connectivity index (χ4n) is 2.91. The van der Waals surface area contributed by atoms with Gasteiger partial charge in [0.15, 0.2) is 11.5 Å². The van der Waals surface area contributed by atoms with Crippen molar-refractivity contribution in [2.24, 2.45) is 0 Å². The van der Waals surface area contributed by atoms with E-state index in [9.17, 15) is 9.59 Å². The van der Waals surface area contributed by atoms with E-state index in [0.29, 0.717) is 28.3 Å². The first-order valence-corrected chi connectivity index (χ1v) is 8.87. The van der Waals surface area contributed by atoms with Crippen molar-refractivity contribution in [3.05, 3.63) is 52.0 Å². The molecule has 8 heteroatoms. The van der Waals surface area contributed by atoms with Crippen molar-refractivity contribution in [1.29, 1.82) is 0 Å². The summed E-state index contributed by atoms with van der Waals surface area (Å²) < 4.78 is 22.7. The fourth-order valence-corrected chi connectivity index (χ4v) is 3.28. The van der Waals surface area contributed by atoms with E-state index in [0.717, 1.165) is 4.47 Å². The van der Waals surface area contributed by atoms with Crippen LogP contribution in [0.25, 0.3) is 0 Å². The molecular formula is C19H18BrNO6. The Bertz CT molecular complexity index is 884. The smallest absolute Gasteiger partial charge is 0.305 e. The Balaban J connectivity index is 2.18. The number of benzene rings is 2. The lowest BCUT2D eigenvalue weighted by Crippen LogP contribution is -2.33. The molecule has 7 nitrogen and oxygen atoms in total. The minimum atomic E-state index is -1.41. The first-order valence-electron chi connectivity index (χ1n) is 8.08. The highest BCUT2D eigenvalue weighted by molar-refractivity contribution is 9.10. The maximum Gasteiger partial charge on any atom is 0.305 e. The molecule has 1 aliphatic rings. The molecule has 2 aromatic rings. The standard InChI is InChI=1S/C19H18BrNO6/c1-10(22)26-19-18(23)21-14-8-7-11(20)9-13(14)16(27-19)12-5-4-6-15(24-2)17(12)25-3/h4-9,16,19H,1-3H3,(H,21,23)/t16-,19+/m0/s1. The molecule has 2 atom stereocenters. The molecule has 142 valence electrons. The zero-order chi connectivity index (χ0) is 19.6. The summed E-state index contributed by atoms with van der Waals surface area (Å²) in [7, 11) is 3.06. The first kappa shape index (κ1) is 19.2. The molecular weight excluding hydrogens is 418 g/mol. The molecule has 0 radical (unpaired) electrons. The Labute approximate surface area is 164 Å². The van der Waals surface area contributed by atoms with Crippen LogP contribution in [-0.4, -0.2) is 32.4 Å². The van der Waals surface area contributed by atoms with Gasteiger partial charge in [0, 0.05) is 28.2 Å². The van der Waals surface area contributed by atoms with Crippen molar-refractivity contribution < 1.29 is 28.5 Å². The van der Waals surface area contributed by atoms with Crippen molar-refractivity contribution in [2.75, 3.05) is 19.5 Å². The number of fused-ring (bicyclic) bond motifs is 1. The van der Waals surface area contributed by atoms with Gasteiger partial charge in [-0.15, -0.1) is 0 Å². The minimum absolute atomic E-state index is 0.465. The van der Waals surface area contributed by atoms with Gasteiger partial charge in [0.25, 0.3) is 12.2 Å². The van der Waals surface area contributed by atoms with Crippen LogP contribution in [0.5, 0.6) is 11.5 Å². The largest absolute Gasteiger partial charge is 0.493 e. The number of ether oxygens (including phenoxy) is 4. The van der Waals surface area contributed by atoms with Crippen LogP contribution in [0.2, 0.25) is 0 Å². The van der Waals surface area contributed by atoms with Gasteiger partial charge >= 0.3 is 5.97 Å². The molecule has 0 spiro atoms. The van der Waals surface area contributed by atoms with Crippen LogP contribution < -0.4 is 14.8 Å². The van der Waals surface area contributed by atoms with Crippen molar-refractivity contribution >= 4 is 33.5 Å². The molecule has 0 saturated carbocycles. The number of anilines is 1. The third-order valence-electron chi connectivity index (χ3n) is 4.02. The van der Waals surface area contributed by atoms with E-state index >= 15 is 0 Å². The highest BCUT2D eigenvalue weighted by atomic mass is 79.9. The summed E-state index contributed by atoms with van der Waals surface area (Å²) in [5.74, 6) is -0.216. The van der Waals surface area contributed by atoms with E-state index in [1.165, 1.54) is 21.1 Å². The number of halogens is 1. The third kappa shape index (κ3) is 3.91. The van der Waals surface area contributed by atoms with Gasteiger partial charge in [0.1, 0.15) is 6.10 Å². The van der Waals surface area contributed by atoms with Gasteiger partial charge in [-0.05, 0) is 24.3 Å². The van der Waals surface area contributed by atoms with Crippen LogP contribution in [0.4, 0.5) is 5.69 Å². The highest BCUT2D eigenvalue weighted by Crippen LogP contribution is 2.43. The Morgan fingerprint density at radius 2 is 1.93 bits per heavy atom. The highest BCUT2D eigenvalue weighted by Gasteiger charge is 2.35. The van der Waals surface area contributed by atoms with Gasteiger partial charge in [0.05, 0.1) is 14.2 Å². The molecule has 1 amide bonds. The topological polar surface area (TPSA) is 83.1 Å². The van der Waals surface area contributed by atoms with E-state index in [2.05, 4.69) is 21.2 Å². The summed E-state index contributed by atoms with van der Waals surface area (Å²) in [4.78, 5) is 23.9. The Morgan fingerprint density at radius 1 is 1.15 bits per heavy atom. The second-order valence-corrected chi connectivity index (χ2v) is 6.68. The lowest BCUT2D eigenvalue weighted by atomic mass is 9.98. The normalized spacial score (nSPS) is 18.7. The number of hydrogen-bond donors (Lipinski definition) is 1. The number of esters is 1. The van der Waals surface area contributed by atoms with Gasteiger partial charge < -0.3 is 24.3 Å². The number of methoxy groups -OCH3 is 2. The number of carbonyl (C=O) groups is 2. The maximum atomic E-state index is 12.5. The zero-order valence-corrected chi connectivity index (χ0v) is 16.5. The van der Waals surface area contributed by atoms with Crippen LogP contribution in [0.15, 0.2) is 40.9 Å². The summed E-state index contributed by atoms with van der Waals surface area (Å²) in [5, 5.41) is 2.74. The number of para-hydroxylation sites is 1. The molecule has 0 saturated heterocycles. The van der Waals surface area contributed by atoms with Gasteiger partial charge in [-0.1, -0.05) is 28.1 Å². The molecule has 3 rings (SSSR count). The minimum Gasteiger partial charge on any atom is -0.493 e. The lowest BCUT2D eigenvalue weighted by molar-refractivity contribution is -0.187. The Kier molecular flexibility index (Phi) is 5.67. The van der Waals surface area contributed by atoms with E-state index in [1.807, 2.05) is 6.07 Å². The quantitative estimate of drug-likeness (QED) is 0.740. The molecule has 2 aromatic carbocycles. The fraction of sp³-hybridized carbons (Fsp3) is 0.263. The SMILES string of the molecule is COc1cccc([C@@H]2O[C@@H](OC(C)=O)C(=O)Nc3ccc(Br)cc32)c1OC. The van der Waals surface area contributed by atoms with Crippen LogP contribution in [0.3, 0.4) is 0 Å². The second-order valence-electron chi connectivity index (χ2n) is 5.76. The lowest BCUT2D eigenvalue weighted by Gasteiger charge is -2.23. The van der Waals surface area contributed by atoms with E-state index in [1.54, 1.807) is 30.3 Å². The molecule has 0 bridgehead atoms. The molecule has 0 aliphatic carbocycles. The monoisotopic (exact) mass is 435 g/mol. The van der Waals surface area contributed by atoms with Crippen molar-refractivity contribution in [2.45, 2.75) is 19.3 Å². The van der Waals surface area contributed by atoms with Gasteiger partial charge in [-0.25, -0.2) is 0 Å². The van der Waals surface area contributed by atoms with E-state index in [4.69, 9.17) is 18.9 Å². The molecule has 27 heavy (non-hydrogen) atoms. The number of hydrogen-bond acceptors (Lipinski definition) is 6. The first-order chi connectivity index (χ1) is 12.9. The molecule has 1 N–H and O–H groups in total. The number of amides is 1. The average molecular weight is 436 g/mol. The van der Waals surface area contributed by atoms with Crippen molar-refractivity contribution in [1.82, 2.24) is 0 Å². The van der Waals surface area contributed by atoms with Gasteiger partial charge in [0.2, 0.25) is 0 Å². The van der Waals surface area contributed by atoms with Gasteiger partial charge in [-0.3, -0.25) is 9.59 Å². The number of carbonyl (C=O) groups excluding carboxylic acids is 2. The van der Waals surface area contributed by atoms with Crippen LogP contribution >= 0.6 is 15.9 Å². The third-order valence-corrected chi connectivity index (χ3v) is 4.51. The molecule has 1 aliphatic heterocycles. The number of rotatable bonds is 4. The summed E-state index contributed by atoms with van der Waals surface area (Å²) in [5.41, 5.74) is 1.86. The van der Waals surface area contributed by atoms with E-state index in [-0.39, 0.29) is 0 Å². The summed E-state index contributed by atoms with van der Waals surface area (Å²) in [6.07, 6.45) is -2.15. The Morgan fingerprint density at radius 3 is 2.59 bits per heavy atom. The predicted molar refractivity (Wildman–Crippen MR) is 101 cm³/mol. The van der Waals surface area contributed by atoms with Crippen molar-refractivity contribution in [3.8, 4) is 11.5 Å². The number of nitrogens with one attached hydrogen (secondary N) is 1. The summed E-state index contributed by atoms with van der Waals surface area (Å²) >= 11 is 3.44.